The van der Waals surface area contributed by atoms with Crippen LogP contribution in [0.1, 0.15) is 11.1 Å². The monoisotopic (exact) mass is 274 g/mol. The third kappa shape index (κ3) is 3.82. The summed E-state index contributed by atoms with van der Waals surface area (Å²) in [6.07, 6.45) is 0.712. The lowest BCUT2D eigenvalue weighted by molar-refractivity contribution is -0.141. The first-order chi connectivity index (χ1) is 9.54. The zero-order valence-corrected chi connectivity index (χ0v) is 10.8. The summed E-state index contributed by atoms with van der Waals surface area (Å²) in [7, 11) is 0. The number of phenols is 1. The second kappa shape index (κ2) is 6.19. The molecule has 0 radical (unpaired) electrons. The van der Waals surface area contributed by atoms with E-state index >= 15 is 0 Å². The van der Waals surface area contributed by atoms with Gasteiger partial charge in [-0.05, 0) is 48.2 Å². The molecule has 3 nitrogen and oxygen atoms in total. The third-order valence-electron chi connectivity index (χ3n) is 3.16. The molecule has 0 amide bonds. The summed E-state index contributed by atoms with van der Waals surface area (Å²) in [6, 6.07) is 12.3. The number of hydrogen-bond donors (Lipinski definition) is 2. The molecule has 4 heteroatoms. The Balaban J connectivity index is 2.09. The lowest BCUT2D eigenvalue weighted by Crippen LogP contribution is -2.19. The molecular weight excluding hydrogens is 259 g/mol. The first kappa shape index (κ1) is 14.1. The average molecular weight is 274 g/mol. The van der Waals surface area contributed by atoms with E-state index in [0.717, 1.165) is 11.1 Å². The highest BCUT2D eigenvalue weighted by Gasteiger charge is 2.18. The number of aromatic hydroxyl groups is 1. The molecule has 0 bridgehead atoms. The summed E-state index contributed by atoms with van der Waals surface area (Å²) < 4.78 is 12.8. The number of hydrogen-bond acceptors (Lipinski definition) is 2. The Kier molecular flexibility index (Phi) is 4.35. The second-order valence-corrected chi connectivity index (χ2v) is 4.74. The molecule has 1 atom stereocenters. The molecule has 2 N–H and O–H groups in total. The number of halogens is 1. The Labute approximate surface area is 116 Å². The van der Waals surface area contributed by atoms with E-state index < -0.39 is 11.9 Å². The second-order valence-electron chi connectivity index (χ2n) is 4.74. The summed E-state index contributed by atoms with van der Waals surface area (Å²) in [4.78, 5) is 11.3. The van der Waals surface area contributed by atoms with Gasteiger partial charge in [0.05, 0.1) is 5.92 Å². The van der Waals surface area contributed by atoms with Crippen molar-refractivity contribution in [1.82, 2.24) is 0 Å². The fraction of sp³-hybridized carbons (Fsp3) is 0.188. The van der Waals surface area contributed by atoms with Crippen LogP contribution in [0.5, 0.6) is 5.75 Å². The molecule has 1 unspecified atom stereocenters. The van der Waals surface area contributed by atoms with E-state index in [2.05, 4.69) is 0 Å². The minimum absolute atomic E-state index is 0.152. The lowest BCUT2D eigenvalue weighted by Gasteiger charge is -2.12. The summed E-state index contributed by atoms with van der Waals surface area (Å²) in [5.74, 6) is -1.65. The number of benzene rings is 2. The Bertz CT molecular complexity index is 528. The summed E-state index contributed by atoms with van der Waals surface area (Å²) in [5.41, 5.74) is 1.63. The van der Waals surface area contributed by atoms with Crippen LogP contribution in [0, 0.1) is 11.7 Å². The topological polar surface area (TPSA) is 57.5 Å². The quantitative estimate of drug-likeness (QED) is 0.881. The summed E-state index contributed by atoms with van der Waals surface area (Å²) >= 11 is 0. The molecule has 0 spiro atoms. The molecule has 0 aromatic heterocycles. The number of carboxylic acid groups (broad SMARTS) is 1. The molecule has 2 rings (SSSR count). The van der Waals surface area contributed by atoms with Crippen molar-refractivity contribution in [1.29, 1.82) is 0 Å². The number of phenolic OH excluding ortho intramolecular Hbond substituents is 1. The largest absolute Gasteiger partial charge is 0.508 e. The van der Waals surface area contributed by atoms with E-state index in [0.29, 0.717) is 12.8 Å². The van der Waals surface area contributed by atoms with Gasteiger partial charge in [0.2, 0.25) is 0 Å². The average Bonchev–Trinajstić information content (AvgIpc) is 2.42. The van der Waals surface area contributed by atoms with Gasteiger partial charge in [0.15, 0.2) is 0 Å². The summed E-state index contributed by atoms with van der Waals surface area (Å²) in [5, 5.41) is 18.5. The standard InChI is InChI=1S/C16H15FO3/c17-14-5-1-11(2-6-14)9-13(16(19)20)10-12-3-7-15(18)8-4-12/h1-8,13,18H,9-10H2,(H,19,20). The van der Waals surface area contributed by atoms with E-state index in [1.54, 1.807) is 24.3 Å². The van der Waals surface area contributed by atoms with E-state index in [4.69, 9.17) is 0 Å². The highest BCUT2D eigenvalue weighted by Crippen LogP contribution is 2.18. The van der Waals surface area contributed by atoms with Crippen LogP contribution < -0.4 is 0 Å². The molecule has 2 aromatic rings. The molecule has 0 saturated heterocycles. The zero-order valence-electron chi connectivity index (χ0n) is 10.8. The van der Waals surface area contributed by atoms with Crippen LogP contribution >= 0.6 is 0 Å². The maximum absolute atomic E-state index is 12.8. The third-order valence-corrected chi connectivity index (χ3v) is 3.16. The van der Waals surface area contributed by atoms with Crippen molar-refractivity contribution in [2.24, 2.45) is 5.92 Å². The van der Waals surface area contributed by atoms with E-state index in [9.17, 15) is 19.4 Å². The van der Waals surface area contributed by atoms with Gasteiger partial charge in [-0.25, -0.2) is 4.39 Å². The smallest absolute Gasteiger partial charge is 0.307 e. The maximum atomic E-state index is 12.8. The zero-order chi connectivity index (χ0) is 14.5. The van der Waals surface area contributed by atoms with Crippen LogP contribution in [0.25, 0.3) is 0 Å². The number of carbonyl (C=O) groups is 1. The van der Waals surface area contributed by atoms with Gasteiger partial charge in [-0.2, -0.15) is 0 Å². The number of carboxylic acids is 1. The SMILES string of the molecule is O=C(O)C(Cc1ccc(O)cc1)Cc1ccc(F)cc1. The van der Waals surface area contributed by atoms with Crippen molar-refractivity contribution >= 4 is 5.97 Å². The van der Waals surface area contributed by atoms with Crippen molar-refractivity contribution in [3.05, 3.63) is 65.5 Å². The Morgan fingerprint density at radius 1 is 0.950 bits per heavy atom. The molecule has 20 heavy (non-hydrogen) atoms. The highest BCUT2D eigenvalue weighted by atomic mass is 19.1. The predicted molar refractivity (Wildman–Crippen MR) is 73.0 cm³/mol. The van der Waals surface area contributed by atoms with Gasteiger partial charge in [-0.1, -0.05) is 24.3 Å². The van der Waals surface area contributed by atoms with Crippen LogP contribution in [-0.4, -0.2) is 16.2 Å². The Morgan fingerprint density at radius 3 is 1.85 bits per heavy atom. The van der Waals surface area contributed by atoms with Gasteiger partial charge < -0.3 is 10.2 Å². The van der Waals surface area contributed by atoms with Crippen LogP contribution in [-0.2, 0) is 17.6 Å². The lowest BCUT2D eigenvalue weighted by atomic mass is 9.92. The van der Waals surface area contributed by atoms with Crippen molar-refractivity contribution < 1.29 is 19.4 Å². The van der Waals surface area contributed by atoms with E-state index in [1.807, 2.05) is 0 Å². The van der Waals surface area contributed by atoms with Crippen LogP contribution in [0.4, 0.5) is 4.39 Å². The van der Waals surface area contributed by atoms with Crippen LogP contribution in [0.3, 0.4) is 0 Å². The minimum Gasteiger partial charge on any atom is -0.508 e. The first-order valence-corrected chi connectivity index (χ1v) is 6.30. The maximum Gasteiger partial charge on any atom is 0.307 e. The molecule has 0 aliphatic carbocycles. The number of aliphatic carboxylic acids is 1. The van der Waals surface area contributed by atoms with Gasteiger partial charge in [-0.3, -0.25) is 4.79 Å². The van der Waals surface area contributed by atoms with Gasteiger partial charge in [-0.15, -0.1) is 0 Å². The molecule has 2 aromatic carbocycles. The van der Waals surface area contributed by atoms with Gasteiger partial charge in [0.25, 0.3) is 0 Å². The molecular formula is C16H15FO3. The fourth-order valence-corrected chi connectivity index (χ4v) is 2.07. The first-order valence-electron chi connectivity index (χ1n) is 6.30. The van der Waals surface area contributed by atoms with Crippen molar-refractivity contribution in [3.8, 4) is 5.75 Å². The fourth-order valence-electron chi connectivity index (χ4n) is 2.07. The molecule has 0 aliphatic rings. The van der Waals surface area contributed by atoms with Gasteiger partial charge in [0, 0.05) is 0 Å². The molecule has 104 valence electrons. The van der Waals surface area contributed by atoms with Gasteiger partial charge in [0.1, 0.15) is 11.6 Å². The highest BCUT2D eigenvalue weighted by molar-refractivity contribution is 5.70. The van der Waals surface area contributed by atoms with Crippen molar-refractivity contribution in [3.63, 3.8) is 0 Å². The van der Waals surface area contributed by atoms with E-state index in [1.165, 1.54) is 24.3 Å². The van der Waals surface area contributed by atoms with Gasteiger partial charge >= 0.3 is 5.97 Å². The Hall–Kier alpha value is -2.36. The van der Waals surface area contributed by atoms with E-state index in [-0.39, 0.29) is 11.6 Å². The molecule has 0 aliphatic heterocycles. The minimum atomic E-state index is -0.887. The van der Waals surface area contributed by atoms with Crippen molar-refractivity contribution in [2.75, 3.05) is 0 Å². The number of rotatable bonds is 5. The van der Waals surface area contributed by atoms with Crippen LogP contribution in [0.2, 0.25) is 0 Å². The van der Waals surface area contributed by atoms with Crippen LogP contribution in [0.15, 0.2) is 48.5 Å². The van der Waals surface area contributed by atoms with Crippen molar-refractivity contribution in [2.45, 2.75) is 12.8 Å². The molecule has 0 fully saturated rings. The summed E-state index contributed by atoms with van der Waals surface area (Å²) in [6.45, 7) is 0. The molecule has 0 saturated carbocycles. The normalized spacial score (nSPS) is 12.1. The Morgan fingerprint density at radius 2 is 1.40 bits per heavy atom. The predicted octanol–water partition coefficient (Wildman–Crippen LogP) is 3.02. The molecule has 0 heterocycles.